The lowest BCUT2D eigenvalue weighted by Gasteiger charge is -2.08. The van der Waals surface area contributed by atoms with Crippen LogP contribution in [0.2, 0.25) is 0 Å². The average Bonchev–Trinajstić information content (AvgIpc) is 2.09. The molecule has 0 aliphatic rings. The molecule has 0 fully saturated rings. The van der Waals surface area contributed by atoms with Crippen LogP contribution in [0, 0.1) is 5.82 Å². The number of carbonyl (C=O) groups excluding carboxylic acids is 1. The minimum atomic E-state index is -0.655. The van der Waals surface area contributed by atoms with Crippen LogP contribution in [0.15, 0.2) is 22.7 Å². The van der Waals surface area contributed by atoms with Gasteiger partial charge in [-0.2, -0.15) is 0 Å². The standard InChI is InChI=1S/C9H10BrFN2O/c1-5(12)9(14)13-8-3-2-6(10)4-7(8)11/h2-5H,12H2,1H3,(H,13,14)/t5-/m0/s1. The van der Waals surface area contributed by atoms with Gasteiger partial charge in [-0.15, -0.1) is 0 Å². The predicted molar refractivity (Wildman–Crippen MR) is 56.4 cm³/mol. The van der Waals surface area contributed by atoms with Gasteiger partial charge in [-0.25, -0.2) is 4.39 Å². The van der Waals surface area contributed by atoms with Gasteiger partial charge in [0.05, 0.1) is 11.7 Å². The fourth-order valence-corrected chi connectivity index (χ4v) is 1.17. The Morgan fingerprint density at radius 2 is 2.29 bits per heavy atom. The van der Waals surface area contributed by atoms with Crippen molar-refractivity contribution >= 4 is 27.5 Å². The van der Waals surface area contributed by atoms with Gasteiger partial charge in [0.1, 0.15) is 5.82 Å². The fourth-order valence-electron chi connectivity index (χ4n) is 0.837. The first kappa shape index (κ1) is 11.1. The quantitative estimate of drug-likeness (QED) is 0.853. The number of benzene rings is 1. The molecule has 1 aromatic rings. The summed E-state index contributed by atoms with van der Waals surface area (Å²) in [4.78, 5) is 11.1. The van der Waals surface area contributed by atoms with Crippen molar-refractivity contribution in [3.63, 3.8) is 0 Å². The molecule has 0 radical (unpaired) electrons. The van der Waals surface area contributed by atoms with E-state index in [-0.39, 0.29) is 5.69 Å². The van der Waals surface area contributed by atoms with E-state index in [4.69, 9.17) is 5.73 Å². The van der Waals surface area contributed by atoms with Gasteiger partial charge in [0, 0.05) is 4.47 Å². The van der Waals surface area contributed by atoms with E-state index in [1.54, 1.807) is 6.07 Å². The first-order valence-electron chi connectivity index (χ1n) is 4.02. The summed E-state index contributed by atoms with van der Waals surface area (Å²) in [5, 5.41) is 2.38. The highest BCUT2D eigenvalue weighted by Crippen LogP contribution is 2.19. The Bertz CT molecular complexity index is 355. The lowest BCUT2D eigenvalue weighted by atomic mass is 10.2. The second kappa shape index (κ2) is 4.52. The number of hydrogen-bond acceptors (Lipinski definition) is 2. The van der Waals surface area contributed by atoms with Gasteiger partial charge in [-0.05, 0) is 25.1 Å². The molecule has 14 heavy (non-hydrogen) atoms. The van der Waals surface area contributed by atoms with Crippen LogP contribution in [0.5, 0.6) is 0 Å². The molecule has 0 heterocycles. The summed E-state index contributed by atoms with van der Waals surface area (Å²) in [5.74, 6) is -0.903. The van der Waals surface area contributed by atoms with Gasteiger partial charge < -0.3 is 11.1 Å². The summed E-state index contributed by atoms with van der Waals surface area (Å²) in [6.07, 6.45) is 0. The summed E-state index contributed by atoms with van der Waals surface area (Å²) in [6, 6.07) is 3.73. The number of amides is 1. The first-order chi connectivity index (χ1) is 6.50. The predicted octanol–water partition coefficient (Wildman–Crippen LogP) is 1.87. The van der Waals surface area contributed by atoms with Crippen LogP contribution in [0.25, 0.3) is 0 Å². The Hall–Kier alpha value is -0.940. The Kier molecular flexibility index (Phi) is 3.60. The molecule has 3 nitrogen and oxygen atoms in total. The van der Waals surface area contributed by atoms with Crippen molar-refractivity contribution in [3.8, 4) is 0 Å². The molecular formula is C9H10BrFN2O. The Balaban J connectivity index is 2.82. The summed E-state index contributed by atoms with van der Waals surface area (Å²) in [5.41, 5.74) is 5.45. The van der Waals surface area contributed by atoms with Crippen molar-refractivity contribution in [2.45, 2.75) is 13.0 Å². The normalized spacial score (nSPS) is 12.3. The number of nitrogens with two attached hydrogens (primary N) is 1. The summed E-state index contributed by atoms with van der Waals surface area (Å²) < 4.78 is 13.8. The minimum absolute atomic E-state index is 0.135. The molecule has 0 unspecified atom stereocenters. The molecule has 0 bridgehead atoms. The van der Waals surface area contributed by atoms with Crippen LogP contribution >= 0.6 is 15.9 Å². The number of anilines is 1. The van der Waals surface area contributed by atoms with E-state index in [2.05, 4.69) is 21.2 Å². The minimum Gasteiger partial charge on any atom is -0.322 e. The van der Waals surface area contributed by atoms with E-state index in [0.29, 0.717) is 4.47 Å². The highest BCUT2D eigenvalue weighted by Gasteiger charge is 2.10. The van der Waals surface area contributed by atoms with Crippen molar-refractivity contribution in [1.82, 2.24) is 0 Å². The molecule has 0 saturated heterocycles. The van der Waals surface area contributed by atoms with E-state index in [9.17, 15) is 9.18 Å². The molecule has 5 heteroatoms. The second-order valence-electron chi connectivity index (χ2n) is 2.90. The third kappa shape index (κ3) is 2.78. The molecule has 1 atom stereocenters. The first-order valence-corrected chi connectivity index (χ1v) is 4.81. The van der Waals surface area contributed by atoms with E-state index < -0.39 is 17.8 Å². The largest absolute Gasteiger partial charge is 0.322 e. The van der Waals surface area contributed by atoms with Crippen LogP contribution < -0.4 is 11.1 Å². The molecule has 0 aromatic heterocycles. The molecule has 0 saturated carbocycles. The lowest BCUT2D eigenvalue weighted by molar-refractivity contribution is -0.117. The number of hydrogen-bond donors (Lipinski definition) is 2. The maximum absolute atomic E-state index is 13.2. The van der Waals surface area contributed by atoms with Gasteiger partial charge in [-0.3, -0.25) is 4.79 Å². The number of rotatable bonds is 2. The molecule has 0 aliphatic carbocycles. The number of nitrogens with one attached hydrogen (secondary N) is 1. The monoisotopic (exact) mass is 260 g/mol. The van der Waals surface area contributed by atoms with Gasteiger partial charge in [0.15, 0.2) is 0 Å². The highest BCUT2D eigenvalue weighted by atomic mass is 79.9. The third-order valence-corrected chi connectivity index (χ3v) is 2.10. The van der Waals surface area contributed by atoms with Gasteiger partial charge in [-0.1, -0.05) is 15.9 Å². The van der Waals surface area contributed by atoms with Crippen LogP contribution in [-0.4, -0.2) is 11.9 Å². The van der Waals surface area contributed by atoms with E-state index in [1.165, 1.54) is 19.1 Å². The molecule has 3 N–H and O–H groups in total. The average molecular weight is 261 g/mol. The van der Waals surface area contributed by atoms with Crippen molar-refractivity contribution in [1.29, 1.82) is 0 Å². The molecular weight excluding hydrogens is 251 g/mol. The van der Waals surface area contributed by atoms with Crippen molar-refractivity contribution < 1.29 is 9.18 Å². The van der Waals surface area contributed by atoms with Crippen LogP contribution in [0.4, 0.5) is 10.1 Å². The van der Waals surface area contributed by atoms with Crippen LogP contribution in [-0.2, 0) is 4.79 Å². The summed E-state index contributed by atoms with van der Waals surface area (Å²) in [7, 11) is 0. The molecule has 1 amide bonds. The number of carbonyl (C=O) groups is 1. The van der Waals surface area contributed by atoms with E-state index in [0.717, 1.165) is 0 Å². The summed E-state index contributed by atoms with van der Waals surface area (Å²) >= 11 is 3.11. The van der Waals surface area contributed by atoms with Crippen LogP contribution in [0.1, 0.15) is 6.92 Å². The Morgan fingerprint density at radius 1 is 1.64 bits per heavy atom. The maximum Gasteiger partial charge on any atom is 0.241 e. The van der Waals surface area contributed by atoms with Crippen LogP contribution in [0.3, 0.4) is 0 Å². The van der Waals surface area contributed by atoms with E-state index in [1.807, 2.05) is 0 Å². The zero-order valence-electron chi connectivity index (χ0n) is 7.55. The zero-order chi connectivity index (χ0) is 10.7. The van der Waals surface area contributed by atoms with Crippen molar-refractivity contribution in [3.05, 3.63) is 28.5 Å². The topological polar surface area (TPSA) is 55.1 Å². The molecule has 1 aromatic carbocycles. The lowest BCUT2D eigenvalue weighted by Crippen LogP contribution is -2.32. The molecule has 0 aliphatic heterocycles. The fraction of sp³-hybridized carbons (Fsp3) is 0.222. The van der Waals surface area contributed by atoms with Gasteiger partial charge in [0.25, 0.3) is 0 Å². The second-order valence-corrected chi connectivity index (χ2v) is 3.82. The SMILES string of the molecule is C[C@H](N)C(=O)Nc1ccc(Br)cc1F. The number of halogens is 2. The highest BCUT2D eigenvalue weighted by molar-refractivity contribution is 9.10. The van der Waals surface area contributed by atoms with Crippen molar-refractivity contribution in [2.24, 2.45) is 5.73 Å². The zero-order valence-corrected chi connectivity index (χ0v) is 9.14. The summed E-state index contributed by atoms with van der Waals surface area (Å²) in [6.45, 7) is 1.53. The Labute approximate surface area is 89.6 Å². The molecule has 76 valence electrons. The smallest absolute Gasteiger partial charge is 0.241 e. The van der Waals surface area contributed by atoms with Gasteiger partial charge >= 0.3 is 0 Å². The van der Waals surface area contributed by atoms with Gasteiger partial charge in [0.2, 0.25) is 5.91 Å². The third-order valence-electron chi connectivity index (χ3n) is 1.60. The van der Waals surface area contributed by atoms with E-state index >= 15 is 0 Å². The maximum atomic E-state index is 13.2. The molecule has 0 spiro atoms. The molecule has 1 rings (SSSR count). The van der Waals surface area contributed by atoms with Crippen molar-refractivity contribution in [2.75, 3.05) is 5.32 Å². The Morgan fingerprint density at radius 3 is 2.79 bits per heavy atom.